The number of carboxylic acid groups (broad SMARTS) is 1. The molecule has 0 saturated carbocycles. The molecule has 4 nitrogen and oxygen atoms in total. The molecular weight excluding hydrogens is 331 g/mol. The van der Waals surface area contributed by atoms with Gasteiger partial charge in [-0.05, 0) is 18.6 Å². The van der Waals surface area contributed by atoms with Crippen LogP contribution in [0, 0.1) is 5.41 Å². The number of rotatable bonds is 3. The number of likely N-dealkylation sites (tertiary alicyclic amines) is 1. The maximum Gasteiger partial charge on any atom is 0.406 e. The topological polar surface area (TPSA) is 57.6 Å². The van der Waals surface area contributed by atoms with Gasteiger partial charge < -0.3 is 10.0 Å². The fourth-order valence-corrected chi connectivity index (χ4v) is 3.34. The van der Waals surface area contributed by atoms with Crippen LogP contribution in [0.3, 0.4) is 0 Å². The SMILES string of the molecule is O=C(Cc1ccc(Cl)s1)N1CCC(C(=O)O)(C(F)(F)F)C1. The number of hydrogen-bond acceptors (Lipinski definition) is 3. The van der Waals surface area contributed by atoms with E-state index in [1.54, 1.807) is 12.1 Å². The molecule has 2 rings (SSSR count). The minimum absolute atomic E-state index is 0.0784. The first-order valence-corrected chi connectivity index (χ1v) is 7.17. The fourth-order valence-electron chi connectivity index (χ4n) is 2.26. The number of nitrogens with zero attached hydrogens (tertiary/aromatic N) is 1. The largest absolute Gasteiger partial charge is 0.481 e. The molecular formula is C12H11ClF3NO3S. The van der Waals surface area contributed by atoms with Crippen LogP contribution in [0.2, 0.25) is 4.34 Å². The van der Waals surface area contributed by atoms with E-state index < -0.39 is 36.4 Å². The van der Waals surface area contributed by atoms with Crippen molar-refractivity contribution < 1.29 is 27.9 Å². The van der Waals surface area contributed by atoms with Gasteiger partial charge in [0.2, 0.25) is 5.91 Å². The molecule has 9 heteroatoms. The zero-order chi connectivity index (χ0) is 15.8. The van der Waals surface area contributed by atoms with E-state index in [2.05, 4.69) is 0 Å². The van der Waals surface area contributed by atoms with Crippen molar-refractivity contribution in [2.75, 3.05) is 13.1 Å². The normalized spacial score (nSPS) is 22.6. The Kier molecular flexibility index (Phi) is 4.21. The van der Waals surface area contributed by atoms with E-state index in [9.17, 15) is 22.8 Å². The number of carbonyl (C=O) groups excluding carboxylic acids is 1. The molecule has 0 radical (unpaired) electrons. The van der Waals surface area contributed by atoms with Crippen molar-refractivity contribution in [2.45, 2.75) is 19.0 Å². The minimum atomic E-state index is -4.89. The quantitative estimate of drug-likeness (QED) is 0.919. The van der Waals surface area contributed by atoms with Crippen molar-refractivity contribution in [3.8, 4) is 0 Å². The fraction of sp³-hybridized carbons (Fsp3) is 0.500. The Hall–Kier alpha value is -1.28. The van der Waals surface area contributed by atoms with Crippen LogP contribution < -0.4 is 0 Å². The van der Waals surface area contributed by atoms with Gasteiger partial charge in [0.05, 0.1) is 10.8 Å². The molecule has 1 atom stereocenters. The number of halogens is 4. The van der Waals surface area contributed by atoms with Gasteiger partial charge in [-0.15, -0.1) is 11.3 Å². The van der Waals surface area contributed by atoms with Gasteiger partial charge in [-0.3, -0.25) is 9.59 Å². The van der Waals surface area contributed by atoms with E-state index in [1.807, 2.05) is 0 Å². The smallest absolute Gasteiger partial charge is 0.406 e. The zero-order valence-corrected chi connectivity index (χ0v) is 12.2. The molecule has 1 saturated heterocycles. The molecule has 0 spiro atoms. The van der Waals surface area contributed by atoms with Crippen LogP contribution in [0.15, 0.2) is 12.1 Å². The van der Waals surface area contributed by atoms with E-state index in [1.165, 1.54) is 11.3 Å². The monoisotopic (exact) mass is 341 g/mol. The molecule has 0 bridgehead atoms. The number of thiophene rings is 1. The van der Waals surface area contributed by atoms with Crippen LogP contribution >= 0.6 is 22.9 Å². The third-order valence-corrected chi connectivity index (χ3v) is 4.76. The van der Waals surface area contributed by atoms with Crippen LogP contribution in [-0.4, -0.2) is 41.1 Å². The highest BCUT2D eigenvalue weighted by atomic mass is 35.5. The Bertz CT molecular complexity index is 574. The Morgan fingerprint density at radius 3 is 2.52 bits per heavy atom. The third kappa shape index (κ3) is 3.01. The van der Waals surface area contributed by atoms with Crippen molar-refractivity contribution in [1.29, 1.82) is 0 Å². The molecule has 1 aromatic heterocycles. The van der Waals surface area contributed by atoms with Crippen molar-refractivity contribution in [1.82, 2.24) is 4.90 Å². The summed E-state index contributed by atoms with van der Waals surface area (Å²) in [5.41, 5.74) is -2.87. The van der Waals surface area contributed by atoms with Crippen LogP contribution in [-0.2, 0) is 16.0 Å². The van der Waals surface area contributed by atoms with Crippen molar-refractivity contribution >= 4 is 34.8 Å². The highest BCUT2D eigenvalue weighted by Gasteiger charge is 2.64. The number of alkyl halides is 3. The van der Waals surface area contributed by atoms with Crippen LogP contribution in [0.25, 0.3) is 0 Å². The van der Waals surface area contributed by atoms with Crippen LogP contribution in [0.5, 0.6) is 0 Å². The van der Waals surface area contributed by atoms with E-state index in [0.717, 1.165) is 4.90 Å². The molecule has 1 amide bonds. The summed E-state index contributed by atoms with van der Waals surface area (Å²) in [4.78, 5) is 24.6. The summed E-state index contributed by atoms with van der Waals surface area (Å²) >= 11 is 6.88. The van der Waals surface area contributed by atoms with E-state index >= 15 is 0 Å². The Morgan fingerprint density at radius 1 is 1.43 bits per heavy atom. The average Bonchev–Trinajstić information content (AvgIpc) is 2.95. The van der Waals surface area contributed by atoms with Crippen molar-refractivity contribution in [3.63, 3.8) is 0 Å². The maximum atomic E-state index is 13.0. The molecule has 1 aliphatic heterocycles. The summed E-state index contributed by atoms with van der Waals surface area (Å²) < 4.78 is 39.5. The zero-order valence-electron chi connectivity index (χ0n) is 10.6. The molecule has 1 aromatic rings. The highest BCUT2D eigenvalue weighted by molar-refractivity contribution is 7.16. The second kappa shape index (κ2) is 5.49. The Balaban J connectivity index is 2.10. The van der Waals surface area contributed by atoms with Crippen LogP contribution in [0.4, 0.5) is 13.2 Å². The van der Waals surface area contributed by atoms with Crippen LogP contribution in [0.1, 0.15) is 11.3 Å². The van der Waals surface area contributed by atoms with Gasteiger partial charge in [-0.25, -0.2) is 0 Å². The lowest BCUT2D eigenvalue weighted by molar-refractivity contribution is -0.227. The molecule has 1 aliphatic rings. The number of carbonyl (C=O) groups is 2. The number of carboxylic acids is 1. The molecule has 21 heavy (non-hydrogen) atoms. The summed E-state index contributed by atoms with van der Waals surface area (Å²) in [5, 5.41) is 8.92. The molecule has 0 aliphatic carbocycles. The molecule has 1 N–H and O–H groups in total. The highest BCUT2D eigenvalue weighted by Crippen LogP contribution is 2.45. The van der Waals surface area contributed by atoms with Gasteiger partial charge in [-0.2, -0.15) is 13.2 Å². The summed E-state index contributed by atoms with van der Waals surface area (Å²) in [7, 11) is 0. The van der Waals surface area contributed by atoms with E-state index in [0.29, 0.717) is 9.21 Å². The van der Waals surface area contributed by atoms with Gasteiger partial charge in [0.15, 0.2) is 5.41 Å². The number of hydrogen-bond donors (Lipinski definition) is 1. The second-order valence-electron chi connectivity index (χ2n) is 4.83. The van der Waals surface area contributed by atoms with E-state index in [4.69, 9.17) is 16.7 Å². The van der Waals surface area contributed by atoms with Gasteiger partial charge in [-0.1, -0.05) is 11.6 Å². The van der Waals surface area contributed by atoms with Gasteiger partial charge in [0.1, 0.15) is 0 Å². The first-order chi connectivity index (χ1) is 9.65. The van der Waals surface area contributed by atoms with Gasteiger partial charge in [0.25, 0.3) is 0 Å². The lowest BCUT2D eigenvalue weighted by Gasteiger charge is -2.27. The van der Waals surface area contributed by atoms with Crippen molar-refractivity contribution in [3.05, 3.63) is 21.3 Å². The summed E-state index contributed by atoms with van der Waals surface area (Å²) in [5.74, 6) is -2.47. The molecule has 116 valence electrons. The molecule has 1 fully saturated rings. The summed E-state index contributed by atoms with van der Waals surface area (Å²) in [6, 6.07) is 3.21. The number of amides is 1. The maximum absolute atomic E-state index is 13.0. The predicted molar refractivity (Wildman–Crippen MR) is 70.4 cm³/mol. The number of aliphatic carboxylic acids is 1. The predicted octanol–water partition coefficient (Wildman–Crippen LogP) is 2.81. The molecule has 0 aromatic carbocycles. The lowest BCUT2D eigenvalue weighted by atomic mass is 9.86. The molecule has 2 heterocycles. The summed E-state index contributed by atoms with van der Waals surface area (Å²) in [6.07, 6.45) is -5.59. The first kappa shape index (κ1) is 16.1. The minimum Gasteiger partial charge on any atom is -0.481 e. The Morgan fingerprint density at radius 2 is 2.10 bits per heavy atom. The average molecular weight is 342 g/mol. The standard InChI is InChI=1S/C12H11ClF3NO3S/c13-8-2-1-7(21-8)5-9(18)17-4-3-11(6-17,10(19)20)12(14,15)16/h1-2H,3-6H2,(H,19,20). The van der Waals surface area contributed by atoms with Gasteiger partial charge >= 0.3 is 12.1 Å². The first-order valence-electron chi connectivity index (χ1n) is 5.98. The molecule has 1 unspecified atom stereocenters. The summed E-state index contributed by atoms with van der Waals surface area (Å²) in [6.45, 7) is -1.06. The van der Waals surface area contributed by atoms with Gasteiger partial charge in [0, 0.05) is 18.0 Å². The van der Waals surface area contributed by atoms with Crippen molar-refractivity contribution in [2.24, 2.45) is 5.41 Å². The lowest BCUT2D eigenvalue weighted by Crippen LogP contribution is -2.47. The second-order valence-corrected chi connectivity index (χ2v) is 6.63. The van der Waals surface area contributed by atoms with E-state index in [-0.39, 0.29) is 13.0 Å². The third-order valence-electron chi connectivity index (χ3n) is 3.53. The Labute approximate surface area is 127 Å².